The van der Waals surface area contributed by atoms with E-state index in [1.54, 1.807) is 134 Å². The molecular formula is C62H93N19O15. The molecule has 5 N–H and O–H groups in total. The number of methoxy groups -OCH3 is 2. The van der Waals surface area contributed by atoms with Gasteiger partial charge in [-0.3, -0.25) is 42.9 Å². The van der Waals surface area contributed by atoms with Crippen LogP contribution in [-0.2, 0) is 58.9 Å². The lowest BCUT2D eigenvalue weighted by Gasteiger charge is -2.27. The molecule has 526 valence electrons. The zero-order chi connectivity index (χ0) is 74.4. The molecule has 0 aliphatic heterocycles. The Morgan fingerprint density at radius 3 is 1.14 bits per heavy atom. The number of aromatic amines is 1. The predicted molar refractivity (Wildman–Crippen MR) is 347 cm³/mol. The molecule has 4 amide bonds. The fourth-order valence-corrected chi connectivity index (χ4v) is 7.28. The molecule has 96 heavy (non-hydrogen) atoms. The van der Waals surface area contributed by atoms with Crippen LogP contribution in [0.1, 0.15) is 225 Å². The third-order valence-corrected chi connectivity index (χ3v) is 13.2. The monoisotopic (exact) mass is 1340 g/mol. The van der Waals surface area contributed by atoms with Gasteiger partial charge < -0.3 is 54.5 Å². The number of hydrogen-bond acceptors (Lipinski definition) is 23. The fourth-order valence-electron chi connectivity index (χ4n) is 7.28. The van der Waals surface area contributed by atoms with Crippen molar-refractivity contribution in [3.8, 4) is 12.1 Å². The average molecular weight is 1340 g/mol. The normalized spacial score (nSPS) is 12.0. The van der Waals surface area contributed by atoms with Crippen molar-refractivity contribution in [3.05, 3.63) is 105 Å². The number of amides is 4. The second-order valence-corrected chi connectivity index (χ2v) is 24.3. The van der Waals surface area contributed by atoms with Crippen molar-refractivity contribution in [2.24, 2.45) is 41.0 Å². The maximum absolute atomic E-state index is 12.0. The van der Waals surface area contributed by atoms with E-state index in [2.05, 4.69) is 56.6 Å². The Kier molecular flexibility index (Phi) is 31.3. The Labute approximate surface area is 558 Å². The van der Waals surface area contributed by atoms with Gasteiger partial charge in [0, 0.05) is 88.4 Å². The minimum absolute atomic E-state index is 0.0739. The summed E-state index contributed by atoms with van der Waals surface area (Å²) in [4.78, 5) is 106. The molecular weight excluding hydrogens is 1250 g/mol. The van der Waals surface area contributed by atoms with E-state index in [0.717, 1.165) is 5.69 Å². The molecule has 34 nitrogen and oxygen atoms in total. The van der Waals surface area contributed by atoms with E-state index in [9.17, 15) is 43.2 Å². The Morgan fingerprint density at radius 2 is 0.854 bits per heavy atom. The maximum atomic E-state index is 12.0. The number of aryl methyl sites for hydroxylation is 5. The molecule has 0 saturated carbocycles. The van der Waals surface area contributed by atoms with Gasteiger partial charge in [0.15, 0.2) is 11.6 Å². The van der Waals surface area contributed by atoms with Gasteiger partial charge in [-0.2, -0.15) is 41.1 Å². The summed E-state index contributed by atoms with van der Waals surface area (Å²) in [6.45, 7) is 26.4. The fraction of sp³-hybridized carbons (Fsp3) is 0.532. The zero-order valence-corrected chi connectivity index (χ0v) is 59.7. The van der Waals surface area contributed by atoms with Gasteiger partial charge in [-0.05, 0) is 121 Å². The predicted octanol–water partition coefficient (Wildman–Crippen LogP) is 7.09. The highest BCUT2D eigenvalue weighted by molar-refractivity contribution is 5.96. The van der Waals surface area contributed by atoms with Crippen molar-refractivity contribution in [1.29, 1.82) is 10.5 Å². The number of hydrogen-bond donors (Lipinski definition) is 4. The third-order valence-electron chi connectivity index (χ3n) is 13.2. The zero-order valence-electron chi connectivity index (χ0n) is 59.7. The Hall–Kier alpha value is -10.8. The second kappa shape index (κ2) is 36.0. The Morgan fingerprint density at radius 1 is 0.531 bits per heavy atom. The minimum atomic E-state index is -1.12. The number of ether oxygens (including phenoxy) is 5. The van der Waals surface area contributed by atoms with Crippen molar-refractivity contribution in [3.63, 3.8) is 0 Å². The van der Waals surface area contributed by atoms with E-state index < -0.39 is 58.9 Å². The lowest BCUT2D eigenvalue weighted by Crippen LogP contribution is -2.35. The first-order valence-corrected chi connectivity index (χ1v) is 29.4. The first kappa shape index (κ1) is 83.2. The van der Waals surface area contributed by atoms with Gasteiger partial charge >= 0.3 is 36.2 Å². The molecule has 6 aromatic rings. The van der Waals surface area contributed by atoms with Crippen LogP contribution in [-0.4, -0.2) is 192 Å². The van der Waals surface area contributed by atoms with Crippen LogP contribution in [0, 0.1) is 22.7 Å². The van der Waals surface area contributed by atoms with Gasteiger partial charge in [-0.15, -0.1) is 0 Å². The lowest BCUT2D eigenvalue weighted by molar-refractivity contribution is 0.0220. The molecule has 0 aliphatic carbocycles. The number of carbonyl (C=O) groups excluding carboxylic acids is 8. The van der Waals surface area contributed by atoms with E-state index in [0.29, 0.717) is 39.9 Å². The van der Waals surface area contributed by atoms with E-state index in [1.807, 2.05) is 54.7 Å². The third kappa shape index (κ3) is 26.0. The quantitative estimate of drug-likeness (QED) is 0.0480. The molecule has 6 aromatic heterocycles. The Bertz CT molecular complexity index is 3730. The van der Waals surface area contributed by atoms with E-state index >= 15 is 0 Å². The van der Waals surface area contributed by atoms with Gasteiger partial charge in [0.05, 0.1) is 55.1 Å². The van der Waals surface area contributed by atoms with Gasteiger partial charge in [0.1, 0.15) is 74.5 Å². The van der Waals surface area contributed by atoms with Crippen LogP contribution in [0.2, 0.25) is 0 Å². The number of rotatable bonds is 14. The molecule has 0 spiro atoms. The molecule has 0 bridgehead atoms. The number of esters is 2. The number of aromatic carboxylic acids is 1. The number of nitrogens with two attached hydrogens (primary N) is 1. The highest BCUT2D eigenvalue weighted by Crippen LogP contribution is 2.24. The highest BCUT2D eigenvalue weighted by Gasteiger charge is 2.30. The summed E-state index contributed by atoms with van der Waals surface area (Å²) in [7, 11) is 17.7. The highest BCUT2D eigenvalue weighted by atomic mass is 16.6. The summed E-state index contributed by atoms with van der Waals surface area (Å²) in [6, 6.07) is 12.6. The summed E-state index contributed by atoms with van der Waals surface area (Å²) in [5, 5.41) is 55.4. The number of nitriles is 2. The van der Waals surface area contributed by atoms with Crippen molar-refractivity contribution < 1.29 is 71.9 Å². The van der Waals surface area contributed by atoms with Crippen LogP contribution in [0.4, 0.5) is 14.4 Å². The minimum Gasteiger partial charge on any atom is -0.477 e. The van der Waals surface area contributed by atoms with E-state index in [-0.39, 0.29) is 58.5 Å². The molecule has 0 saturated heterocycles. The van der Waals surface area contributed by atoms with Gasteiger partial charge in [-0.1, -0.05) is 0 Å². The SMILES string of the molecule is CC(=O)c1cc(C(=O)O)[nH]n1.CC(c1cc(C#N)n(C)n1)N(C)C(=O)OC(C)(C)C.CC(c1cc(C(N)=O)n(C)n1)N(C)C(=O)OC(C)(C)C.CNC(C)c1cc(C#N)n(C)n1.COC(=O)c1cc(C(C)=O)nn1C.COC(=O)c1cc(C(C)N(C)C(=O)OC(C)(C)C)nn1C. The smallest absolute Gasteiger partial charge is 0.410 e. The number of aromatic nitrogens is 12. The van der Waals surface area contributed by atoms with Crippen LogP contribution < -0.4 is 11.1 Å². The van der Waals surface area contributed by atoms with Crippen LogP contribution in [0.25, 0.3) is 0 Å². The number of carboxylic acids is 1. The van der Waals surface area contributed by atoms with Crippen molar-refractivity contribution in [2.75, 3.05) is 42.4 Å². The summed E-state index contributed by atoms with van der Waals surface area (Å²) in [5.74, 6) is -3.08. The molecule has 0 radical (unpaired) electrons. The van der Waals surface area contributed by atoms with E-state index in [1.165, 1.54) is 73.6 Å². The molecule has 4 unspecified atom stereocenters. The molecule has 6 heterocycles. The number of ketones is 2. The number of nitrogens with zero attached hydrogens (tertiary/aromatic N) is 16. The van der Waals surface area contributed by atoms with Gasteiger partial charge in [0.2, 0.25) is 0 Å². The number of nitrogens with one attached hydrogen (secondary N) is 2. The molecule has 34 heteroatoms. The van der Waals surface area contributed by atoms with Crippen LogP contribution in [0.15, 0.2) is 36.4 Å². The lowest BCUT2D eigenvalue weighted by atomic mass is 10.2. The number of H-pyrrole nitrogens is 1. The number of primary amides is 1. The molecule has 6 rings (SSSR count). The first-order valence-electron chi connectivity index (χ1n) is 29.4. The topological polar surface area (TPSA) is 433 Å². The average Bonchev–Trinajstić information content (AvgIpc) is 1.69. The number of carbonyl (C=O) groups is 9. The van der Waals surface area contributed by atoms with E-state index in [4.69, 9.17) is 35.6 Å². The van der Waals surface area contributed by atoms with Crippen molar-refractivity contribution in [2.45, 2.75) is 145 Å². The molecule has 0 aliphatic rings. The molecule has 4 atom stereocenters. The Balaban J connectivity index is 0.000000585. The van der Waals surface area contributed by atoms with Crippen LogP contribution in [0.3, 0.4) is 0 Å². The second-order valence-electron chi connectivity index (χ2n) is 24.3. The summed E-state index contributed by atoms with van der Waals surface area (Å²) in [5.41, 5.74) is 8.59. The summed E-state index contributed by atoms with van der Waals surface area (Å²) < 4.78 is 32.3. The summed E-state index contributed by atoms with van der Waals surface area (Å²) in [6.07, 6.45) is -1.30. The van der Waals surface area contributed by atoms with Crippen molar-refractivity contribution in [1.82, 2.24) is 79.1 Å². The number of Topliss-reactive ketones (excluding diaryl/α,β-unsaturated/α-hetero) is 2. The largest absolute Gasteiger partial charge is 0.477 e. The molecule has 0 aromatic carbocycles. The first-order chi connectivity index (χ1) is 44.1. The summed E-state index contributed by atoms with van der Waals surface area (Å²) >= 11 is 0. The van der Waals surface area contributed by atoms with Gasteiger partial charge in [-0.25, -0.2) is 28.8 Å². The maximum Gasteiger partial charge on any atom is 0.410 e. The standard InChI is InChI=1S/C14H23N3O4.C13H22N4O3.C13H20N4O2.C8H12N4.C8H10N2O3.C6H6N2O3/c1-9(16(5)13(19)21-14(2,3)4)10-8-11(12(18)20-7)17(6)15-10;1-8(16(5)12(19)20-13(2,3)4)9-7-10(11(14)18)17(6)15-9;1-9(11-7-10(8-14)17(6)15-11)16(5)12(18)19-13(2,3)4;1-6(10-2)8-4-7(5-9)12(3)11-8;1-5(11)6-4-7(8(12)13-3)10(2)9-6;1-3(9)4-2-5(6(10)11)8-7-4/h8-9H,1-7H3;7-8H,1-6H3,(H2,14,18);7,9H,1-6H3;4,6,10H,1-3H3;4H,1-3H3;2H,1H3,(H,7,8)(H,10,11). The molecule has 0 fully saturated rings. The van der Waals surface area contributed by atoms with Crippen molar-refractivity contribution >= 4 is 53.7 Å². The van der Waals surface area contributed by atoms with Gasteiger partial charge in [0.25, 0.3) is 5.91 Å². The number of carboxylic acid groups (broad SMARTS) is 1. The van der Waals surface area contributed by atoms with Crippen LogP contribution >= 0.6 is 0 Å². The van der Waals surface area contributed by atoms with Crippen LogP contribution in [0.5, 0.6) is 0 Å².